The first-order valence-corrected chi connectivity index (χ1v) is 8.81. The van der Waals surface area contributed by atoms with Crippen LogP contribution in [0.25, 0.3) is 0 Å². The number of nitrogens with zero attached hydrogens (tertiary/aromatic N) is 5. The normalized spacial score (nSPS) is 20.5. The number of rotatable bonds is 3. The maximum Gasteiger partial charge on any atom is 0.228 e. The van der Waals surface area contributed by atoms with Crippen LogP contribution in [0.15, 0.2) is 18.6 Å². The highest BCUT2D eigenvalue weighted by Gasteiger charge is 2.32. The van der Waals surface area contributed by atoms with E-state index >= 15 is 0 Å². The number of aromatic nitrogens is 2. The predicted molar refractivity (Wildman–Crippen MR) is 82.8 cm³/mol. The Morgan fingerprint density at radius 2 is 2.05 bits per heavy atom. The first-order chi connectivity index (χ1) is 10.3. The van der Waals surface area contributed by atoms with Crippen molar-refractivity contribution in [3.63, 3.8) is 0 Å². The molecule has 2 heterocycles. The van der Waals surface area contributed by atoms with E-state index in [1.54, 1.807) is 26.4 Å². The lowest BCUT2D eigenvalue weighted by molar-refractivity contribution is -0.132. The summed E-state index contributed by atoms with van der Waals surface area (Å²) in [5.41, 5.74) is 0. The highest BCUT2D eigenvalue weighted by Crippen LogP contribution is 2.18. The lowest BCUT2D eigenvalue weighted by atomic mass is 10.1. The molecule has 1 aromatic heterocycles. The zero-order chi connectivity index (χ0) is 16.3. The minimum absolute atomic E-state index is 0.0883. The molecule has 22 heavy (non-hydrogen) atoms. The molecule has 1 fully saturated rings. The van der Waals surface area contributed by atoms with E-state index < -0.39 is 15.9 Å². The van der Waals surface area contributed by atoms with E-state index in [1.165, 1.54) is 21.8 Å². The van der Waals surface area contributed by atoms with E-state index in [-0.39, 0.29) is 12.5 Å². The maximum atomic E-state index is 12.3. The van der Waals surface area contributed by atoms with Crippen LogP contribution in [0.3, 0.4) is 0 Å². The van der Waals surface area contributed by atoms with Crippen LogP contribution in [0.1, 0.15) is 0 Å². The Morgan fingerprint density at radius 3 is 2.59 bits per heavy atom. The highest BCUT2D eigenvalue weighted by atomic mass is 32.2. The van der Waals surface area contributed by atoms with Crippen LogP contribution in [0, 0.1) is 5.92 Å². The second-order valence-electron chi connectivity index (χ2n) is 5.56. The molecule has 0 aliphatic carbocycles. The van der Waals surface area contributed by atoms with Gasteiger partial charge in [0, 0.05) is 46.5 Å². The van der Waals surface area contributed by atoms with Gasteiger partial charge in [0.1, 0.15) is 12.1 Å². The van der Waals surface area contributed by atoms with E-state index in [0.717, 1.165) is 0 Å². The topological polar surface area (TPSA) is 86.7 Å². The number of hydrogen-bond donors (Lipinski definition) is 0. The fraction of sp³-hybridized carbons (Fsp3) is 0.615. The van der Waals surface area contributed by atoms with Crippen molar-refractivity contribution < 1.29 is 13.2 Å². The molecule has 9 heteroatoms. The summed E-state index contributed by atoms with van der Waals surface area (Å²) in [4.78, 5) is 23.8. The summed E-state index contributed by atoms with van der Waals surface area (Å²) in [5, 5.41) is 0. The summed E-state index contributed by atoms with van der Waals surface area (Å²) >= 11 is 0. The largest absolute Gasteiger partial charge is 0.354 e. The van der Waals surface area contributed by atoms with Crippen LogP contribution in [0.4, 0.5) is 5.82 Å². The third kappa shape index (κ3) is 3.92. The first-order valence-electron chi connectivity index (χ1n) is 6.96. The van der Waals surface area contributed by atoms with E-state index in [0.29, 0.717) is 25.5 Å². The number of carbonyl (C=O) groups excluding carboxylic acids is 1. The van der Waals surface area contributed by atoms with Crippen molar-refractivity contribution in [3.05, 3.63) is 18.6 Å². The maximum absolute atomic E-state index is 12.3. The standard InChI is InChI=1S/C13H21N5O3S/c1-16(2)13(19)11-8-17(12-4-5-14-10-15-12)6-7-18(9-11)22(3,20)21/h4-5,10-11H,6-9H2,1-3H3/t11-/m0/s1. The minimum atomic E-state index is -3.34. The molecule has 0 saturated carbocycles. The molecule has 0 aromatic carbocycles. The van der Waals surface area contributed by atoms with Crippen molar-refractivity contribution in [3.8, 4) is 0 Å². The van der Waals surface area contributed by atoms with Gasteiger partial charge in [0.25, 0.3) is 0 Å². The van der Waals surface area contributed by atoms with Crippen LogP contribution in [-0.4, -0.2) is 80.0 Å². The molecule has 0 unspecified atom stereocenters. The number of sulfonamides is 1. The SMILES string of the molecule is CN(C)C(=O)[C@H]1CN(c2ccncn2)CCN(S(C)(=O)=O)C1. The molecule has 2 rings (SSSR count). The fourth-order valence-corrected chi connectivity index (χ4v) is 3.35. The molecule has 122 valence electrons. The second-order valence-corrected chi connectivity index (χ2v) is 7.55. The first kappa shape index (κ1) is 16.6. The van der Waals surface area contributed by atoms with Gasteiger partial charge in [-0.05, 0) is 6.07 Å². The van der Waals surface area contributed by atoms with Gasteiger partial charge in [-0.15, -0.1) is 0 Å². The summed E-state index contributed by atoms with van der Waals surface area (Å²) in [6, 6.07) is 1.76. The summed E-state index contributed by atoms with van der Waals surface area (Å²) in [5.74, 6) is 0.179. The molecule has 0 spiro atoms. The Morgan fingerprint density at radius 1 is 1.32 bits per heavy atom. The van der Waals surface area contributed by atoms with Gasteiger partial charge in [-0.2, -0.15) is 4.31 Å². The average Bonchev–Trinajstić information content (AvgIpc) is 2.70. The van der Waals surface area contributed by atoms with Crippen LogP contribution in [-0.2, 0) is 14.8 Å². The van der Waals surface area contributed by atoms with Crippen molar-refractivity contribution in [1.29, 1.82) is 0 Å². The molecular formula is C13H21N5O3S. The predicted octanol–water partition coefficient (Wildman–Crippen LogP) is -0.737. The molecule has 1 aliphatic rings. The lowest BCUT2D eigenvalue weighted by Gasteiger charge is -2.26. The highest BCUT2D eigenvalue weighted by molar-refractivity contribution is 7.88. The van der Waals surface area contributed by atoms with Crippen LogP contribution >= 0.6 is 0 Å². The zero-order valence-electron chi connectivity index (χ0n) is 13.0. The summed E-state index contributed by atoms with van der Waals surface area (Å²) in [6.07, 6.45) is 4.24. The van der Waals surface area contributed by atoms with Crippen LogP contribution < -0.4 is 4.90 Å². The van der Waals surface area contributed by atoms with Gasteiger partial charge < -0.3 is 9.80 Å². The Hall–Kier alpha value is -1.74. The van der Waals surface area contributed by atoms with E-state index in [9.17, 15) is 13.2 Å². The number of anilines is 1. The van der Waals surface area contributed by atoms with Crippen LogP contribution in [0.5, 0.6) is 0 Å². The number of amides is 1. The van der Waals surface area contributed by atoms with Crippen molar-refractivity contribution in [2.24, 2.45) is 5.92 Å². The van der Waals surface area contributed by atoms with E-state index in [2.05, 4.69) is 9.97 Å². The summed E-state index contributed by atoms with van der Waals surface area (Å²) < 4.78 is 25.1. The van der Waals surface area contributed by atoms with Crippen molar-refractivity contribution in [2.45, 2.75) is 0 Å². The molecule has 1 amide bonds. The third-order valence-corrected chi connectivity index (χ3v) is 4.90. The van der Waals surface area contributed by atoms with Gasteiger partial charge in [0.15, 0.2) is 0 Å². The molecule has 1 saturated heterocycles. The average molecular weight is 327 g/mol. The van der Waals surface area contributed by atoms with Gasteiger partial charge >= 0.3 is 0 Å². The Kier molecular flexibility index (Phi) is 4.97. The fourth-order valence-electron chi connectivity index (χ4n) is 2.49. The summed E-state index contributed by atoms with van der Waals surface area (Å²) in [7, 11) is 0.00351. The molecule has 1 aliphatic heterocycles. The number of hydrogen-bond acceptors (Lipinski definition) is 6. The van der Waals surface area contributed by atoms with Gasteiger partial charge in [-0.1, -0.05) is 0 Å². The monoisotopic (exact) mass is 327 g/mol. The van der Waals surface area contributed by atoms with E-state index in [4.69, 9.17) is 0 Å². The molecule has 0 bridgehead atoms. The Labute approximate surface area is 130 Å². The number of carbonyl (C=O) groups is 1. The molecular weight excluding hydrogens is 306 g/mol. The van der Waals surface area contributed by atoms with Gasteiger partial charge in [-0.3, -0.25) is 4.79 Å². The van der Waals surface area contributed by atoms with Crippen molar-refractivity contribution in [1.82, 2.24) is 19.2 Å². The van der Waals surface area contributed by atoms with Gasteiger partial charge in [0.05, 0.1) is 12.2 Å². The molecule has 0 N–H and O–H groups in total. The zero-order valence-corrected chi connectivity index (χ0v) is 13.8. The third-order valence-electron chi connectivity index (χ3n) is 3.63. The Balaban J connectivity index is 2.28. The van der Waals surface area contributed by atoms with Crippen LogP contribution in [0.2, 0.25) is 0 Å². The smallest absolute Gasteiger partial charge is 0.228 e. The lowest BCUT2D eigenvalue weighted by Crippen LogP contribution is -2.42. The molecule has 1 atom stereocenters. The van der Waals surface area contributed by atoms with E-state index in [1.807, 2.05) is 4.90 Å². The van der Waals surface area contributed by atoms with Crippen molar-refractivity contribution >= 4 is 21.7 Å². The molecule has 0 radical (unpaired) electrons. The molecule has 1 aromatic rings. The van der Waals surface area contributed by atoms with Gasteiger partial charge in [-0.25, -0.2) is 18.4 Å². The minimum Gasteiger partial charge on any atom is -0.354 e. The second kappa shape index (κ2) is 6.57. The van der Waals surface area contributed by atoms with Gasteiger partial charge in [0.2, 0.25) is 15.9 Å². The Bertz CT molecular complexity index is 620. The summed E-state index contributed by atoms with van der Waals surface area (Å²) in [6.45, 7) is 1.44. The van der Waals surface area contributed by atoms with Crippen molar-refractivity contribution in [2.75, 3.05) is 51.4 Å². The quantitative estimate of drug-likeness (QED) is 0.727. The molecule has 8 nitrogen and oxygen atoms in total.